The summed E-state index contributed by atoms with van der Waals surface area (Å²) in [6.45, 7) is 0. The highest BCUT2D eigenvalue weighted by molar-refractivity contribution is 6.00. The van der Waals surface area contributed by atoms with Gasteiger partial charge in [0.15, 0.2) is 0 Å². The maximum atomic E-state index is 13.8. The minimum Gasteiger partial charge on any atom is -0.496 e. The van der Waals surface area contributed by atoms with Crippen molar-refractivity contribution >= 4 is 11.9 Å². The first kappa shape index (κ1) is 14.3. The Morgan fingerprint density at radius 3 is 2.55 bits per heavy atom. The molecule has 1 saturated carbocycles. The Morgan fingerprint density at radius 1 is 1.35 bits per heavy atom. The van der Waals surface area contributed by atoms with Gasteiger partial charge in [-0.15, -0.1) is 0 Å². The number of carboxylic acids is 1. The van der Waals surface area contributed by atoms with Crippen LogP contribution in [0, 0.1) is 5.82 Å². The van der Waals surface area contributed by atoms with Crippen molar-refractivity contribution in [3.8, 4) is 5.75 Å². The molecule has 1 aromatic carbocycles. The van der Waals surface area contributed by atoms with Crippen LogP contribution in [0.4, 0.5) is 4.39 Å². The second kappa shape index (κ2) is 5.48. The molecule has 1 aromatic rings. The molecule has 108 valence electrons. The molecule has 0 unspecified atom stereocenters. The Balaban J connectivity index is 2.30. The molecule has 0 aromatic heterocycles. The highest BCUT2D eigenvalue weighted by Crippen LogP contribution is 2.31. The number of methoxy groups -OCH3 is 1. The average molecular weight is 281 g/mol. The number of hydrogen-bond donors (Lipinski definition) is 2. The van der Waals surface area contributed by atoms with E-state index in [4.69, 9.17) is 4.74 Å². The molecule has 2 N–H and O–H groups in total. The number of halogens is 1. The number of ether oxygens (including phenoxy) is 1. The van der Waals surface area contributed by atoms with E-state index in [9.17, 15) is 19.1 Å². The van der Waals surface area contributed by atoms with Gasteiger partial charge < -0.3 is 15.2 Å². The first-order chi connectivity index (χ1) is 9.50. The number of carboxylic acid groups (broad SMARTS) is 1. The molecule has 0 radical (unpaired) electrons. The molecule has 0 heterocycles. The zero-order valence-electron chi connectivity index (χ0n) is 11.1. The molecule has 6 heteroatoms. The van der Waals surface area contributed by atoms with Crippen molar-refractivity contribution in [3.63, 3.8) is 0 Å². The van der Waals surface area contributed by atoms with Gasteiger partial charge >= 0.3 is 5.97 Å². The van der Waals surface area contributed by atoms with E-state index in [0.717, 1.165) is 18.9 Å². The lowest BCUT2D eigenvalue weighted by Gasteiger charge is -2.25. The summed E-state index contributed by atoms with van der Waals surface area (Å²) in [5.41, 5.74) is -1.56. The molecule has 5 nitrogen and oxygen atoms in total. The summed E-state index contributed by atoms with van der Waals surface area (Å²) in [6.07, 6.45) is 2.15. The summed E-state index contributed by atoms with van der Waals surface area (Å²) in [7, 11) is 1.33. The standard InChI is InChI=1S/C14H16FNO4/c1-20-10-6-4-5-9(15)11(10)12(17)16-14(13(18)19)7-2-3-8-14/h4-6H,2-3,7-8H2,1H3,(H,16,17)(H,18,19). The molecule has 1 aliphatic carbocycles. The zero-order chi connectivity index (χ0) is 14.8. The summed E-state index contributed by atoms with van der Waals surface area (Å²) in [5, 5.41) is 11.8. The molecule has 0 atom stereocenters. The Labute approximate surface area is 115 Å². The predicted molar refractivity (Wildman–Crippen MR) is 69.3 cm³/mol. The molecule has 0 bridgehead atoms. The SMILES string of the molecule is COc1cccc(F)c1C(=O)NC1(C(=O)O)CCCC1. The van der Waals surface area contributed by atoms with E-state index in [0.29, 0.717) is 12.8 Å². The van der Waals surface area contributed by atoms with Crippen LogP contribution in [-0.2, 0) is 4.79 Å². The fraction of sp³-hybridized carbons (Fsp3) is 0.429. The molecular weight excluding hydrogens is 265 g/mol. The van der Waals surface area contributed by atoms with Crippen molar-refractivity contribution in [2.24, 2.45) is 0 Å². The molecular formula is C14H16FNO4. The molecule has 1 amide bonds. The van der Waals surface area contributed by atoms with E-state index < -0.39 is 23.2 Å². The molecule has 0 aliphatic heterocycles. The van der Waals surface area contributed by atoms with Crippen molar-refractivity contribution in [3.05, 3.63) is 29.6 Å². The third-order valence-corrected chi connectivity index (χ3v) is 3.64. The fourth-order valence-electron chi connectivity index (χ4n) is 2.55. The van der Waals surface area contributed by atoms with Gasteiger partial charge in [0.25, 0.3) is 5.91 Å². The number of amides is 1. The van der Waals surface area contributed by atoms with E-state index in [2.05, 4.69) is 5.32 Å². The van der Waals surface area contributed by atoms with Crippen LogP contribution in [0.5, 0.6) is 5.75 Å². The Morgan fingerprint density at radius 2 is 2.00 bits per heavy atom. The summed E-state index contributed by atoms with van der Waals surface area (Å²) in [6, 6.07) is 4.02. The van der Waals surface area contributed by atoms with Gasteiger partial charge in [0.05, 0.1) is 7.11 Å². The van der Waals surface area contributed by atoms with Crippen LogP contribution in [-0.4, -0.2) is 29.6 Å². The minimum absolute atomic E-state index is 0.0843. The summed E-state index contributed by atoms with van der Waals surface area (Å²) >= 11 is 0. The third kappa shape index (κ3) is 2.45. The van der Waals surface area contributed by atoms with Crippen molar-refractivity contribution in [2.45, 2.75) is 31.2 Å². The van der Waals surface area contributed by atoms with E-state index in [1.54, 1.807) is 0 Å². The first-order valence-electron chi connectivity index (χ1n) is 6.38. The Bertz CT molecular complexity index is 538. The van der Waals surface area contributed by atoms with Gasteiger partial charge in [-0.05, 0) is 25.0 Å². The largest absolute Gasteiger partial charge is 0.496 e. The number of nitrogens with one attached hydrogen (secondary N) is 1. The van der Waals surface area contributed by atoms with Crippen molar-refractivity contribution in [1.82, 2.24) is 5.32 Å². The number of benzene rings is 1. The highest BCUT2D eigenvalue weighted by atomic mass is 19.1. The second-order valence-electron chi connectivity index (χ2n) is 4.87. The first-order valence-corrected chi connectivity index (χ1v) is 6.38. The summed E-state index contributed by atoms with van der Waals surface area (Å²) in [4.78, 5) is 23.6. The molecule has 0 spiro atoms. The molecule has 1 fully saturated rings. The van der Waals surface area contributed by atoms with Crippen molar-refractivity contribution < 1.29 is 23.8 Å². The topological polar surface area (TPSA) is 75.6 Å². The highest BCUT2D eigenvalue weighted by Gasteiger charge is 2.43. The Kier molecular flexibility index (Phi) is 3.92. The van der Waals surface area contributed by atoms with Crippen molar-refractivity contribution in [1.29, 1.82) is 0 Å². The van der Waals surface area contributed by atoms with Crippen LogP contribution >= 0.6 is 0 Å². The molecule has 0 saturated heterocycles. The van der Waals surface area contributed by atoms with Crippen LogP contribution in [0.15, 0.2) is 18.2 Å². The van der Waals surface area contributed by atoms with Gasteiger partial charge in [0.2, 0.25) is 0 Å². The number of carbonyl (C=O) groups excluding carboxylic acids is 1. The molecule has 1 aliphatic rings. The maximum Gasteiger partial charge on any atom is 0.329 e. The lowest BCUT2D eigenvalue weighted by atomic mass is 9.97. The smallest absolute Gasteiger partial charge is 0.329 e. The number of hydrogen-bond acceptors (Lipinski definition) is 3. The van der Waals surface area contributed by atoms with Crippen LogP contribution in [0.2, 0.25) is 0 Å². The lowest BCUT2D eigenvalue weighted by Crippen LogP contribution is -2.52. The van der Waals surface area contributed by atoms with Gasteiger partial charge in [-0.2, -0.15) is 0 Å². The normalized spacial score (nSPS) is 16.7. The number of aliphatic carboxylic acids is 1. The van der Waals surface area contributed by atoms with Crippen LogP contribution < -0.4 is 10.1 Å². The minimum atomic E-state index is -1.30. The van der Waals surface area contributed by atoms with Gasteiger partial charge in [-0.3, -0.25) is 4.79 Å². The van der Waals surface area contributed by atoms with Gasteiger partial charge in [0, 0.05) is 0 Å². The monoisotopic (exact) mass is 281 g/mol. The van der Waals surface area contributed by atoms with E-state index in [1.165, 1.54) is 19.2 Å². The van der Waals surface area contributed by atoms with E-state index in [-0.39, 0.29) is 11.3 Å². The van der Waals surface area contributed by atoms with E-state index in [1.807, 2.05) is 0 Å². The second-order valence-corrected chi connectivity index (χ2v) is 4.87. The zero-order valence-corrected chi connectivity index (χ0v) is 11.1. The molecule has 20 heavy (non-hydrogen) atoms. The van der Waals surface area contributed by atoms with Crippen LogP contribution in [0.25, 0.3) is 0 Å². The van der Waals surface area contributed by atoms with Gasteiger partial charge in [-0.1, -0.05) is 18.9 Å². The quantitative estimate of drug-likeness (QED) is 0.884. The Hall–Kier alpha value is -2.11. The average Bonchev–Trinajstić information content (AvgIpc) is 2.88. The molecule has 2 rings (SSSR count). The summed E-state index contributed by atoms with van der Waals surface area (Å²) < 4.78 is 18.8. The van der Waals surface area contributed by atoms with Gasteiger partial charge in [-0.25, -0.2) is 9.18 Å². The summed E-state index contributed by atoms with van der Waals surface area (Å²) in [5.74, 6) is -2.50. The maximum absolute atomic E-state index is 13.8. The van der Waals surface area contributed by atoms with Crippen molar-refractivity contribution in [2.75, 3.05) is 7.11 Å². The fourth-order valence-corrected chi connectivity index (χ4v) is 2.55. The predicted octanol–water partition coefficient (Wildman–Crippen LogP) is 1.96. The third-order valence-electron chi connectivity index (χ3n) is 3.64. The number of carbonyl (C=O) groups is 2. The number of rotatable bonds is 4. The van der Waals surface area contributed by atoms with E-state index >= 15 is 0 Å². The lowest BCUT2D eigenvalue weighted by molar-refractivity contribution is -0.144. The van der Waals surface area contributed by atoms with Crippen LogP contribution in [0.1, 0.15) is 36.0 Å². The van der Waals surface area contributed by atoms with Crippen LogP contribution in [0.3, 0.4) is 0 Å². The van der Waals surface area contributed by atoms with Gasteiger partial charge in [0.1, 0.15) is 22.7 Å².